The molecule has 0 spiro atoms. The van der Waals surface area contributed by atoms with Crippen molar-refractivity contribution in [2.45, 2.75) is 45.6 Å². The monoisotopic (exact) mass is 183 g/mol. The molecule has 0 atom stereocenters. The van der Waals surface area contributed by atoms with E-state index in [1.165, 1.54) is 25.7 Å². The van der Waals surface area contributed by atoms with Gasteiger partial charge in [-0.1, -0.05) is 13.8 Å². The Kier molecular flexibility index (Phi) is 3.48. The molecular weight excluding hydrogens is 162 g/mol. The highest BCUT2D eigenvalue weighted by Crippen LogP contribution is 2.36. The quantitative estimate of drug-likeness (QED) is 0.678. The van der Waals surface area contributed by atoms with Gasteiger partial charge in [-0.25, -0.2) is 0 Å². The molecule has 0 unspecified atom stereocenters. The second-order valence-corrected chi connectivity index (χ2v) is 4.78. The van der Waals surface area contributed by atoms with E-state index in [0.717, 1.165) is 6.29 Å². The highest BCUT2D eigenvalue weighted by Gasteiger charge is 2.32. The Bertz CT molecular complexity index is 169. The van der Waals surface area contributed by atoms with E-state index >= 15 is 0 Å². The van der Waals surface area contributed by atoms with E-state index in [9.17, 15) is 4.79 Å². The van der Waals surface area contributed by atoms with Crippen LogP contribution in [-0.4, -0.2) is 19.4 Å². The van der Waals surface area contributed by atoms with Crippen LogP contribution < -0.4 is 5.32 Å². The van der Waals surface area contributed by atoms with Crippen LogP contribution in [0.4, 0.5) is 0 Å². The maximum Gasteiger partial charge on any atom is 0.125 e. The van der Waals surface area contributed by atoms with Crippen LogP contribution in [0.5, 0.6) is 0 Å². The molecule has 0 amide bonds. The summed E-state index contributed by atoms with van der Waals surface area (Å²) in [4.78, 5) is 10.9. The Balaban J connectivity index is 2.45. The summed E-state index contributed by atoms with van der Waals surface area (Å²) in [5, 5.41) is 3.31. The van der Waals surface area contributed by atoms with Gasteiger partial charge in [0.1, 0.15) is 6.29 Å². The average Bonchev–Trinajstić information content (AvgIpc) is 2.18. The van der Waals surface area contributed by atoms with E-state index in [2.05, 4.69) is 19.2 Å². The molecule has 1 aliphatic rings. The zero-order chi connectivity index (χ0) is 9.90. The van der Waals surface area contributed by atoms with Crippen molar-refractivity contribution in [3.63, 3.8) is 0 Å². The Morgan fingerprint density at radius 1 is 1.23 bits per heavy atom. The van der Waals surface area contributed by atoms with Crippen molar-refractivity contribution in [2.24, 2.45) is 11.3 Å². The summed E-state index contributed by atoms with van der Waals surface area (Å²) in [7, 11) is 2.02. The van der Waals surface area contributed by atoms with E-state index in [1.807, 2.05) is 7.05 Å². The van der Waals surface area contributed by atoms with Gasteiger partial charge in [0, 0.05) is 11.5 Å². The first-order valence-electron chi connectivity index (χ1n) is 5.23. The van der Waals surface area contributed by atoms with Crippen molar-refractivity contribution < 1.29 is 4.79 Å². The Labute approximate surface area is 81.1 Å². The van der Waals surface area contributed by atoms with Crippen LogP contribution in [0.1, 0.15) is 39.5 Å². The lowest BCUT2D eigenvalue weighted by molar-refractivity contribution is -0.117. The van der Waals surface area contributed by atoms with Crippen LogP contribution in [0.3, 0.4) is 0 Å². The van der Waals surface area contributed by atoms with E-state index in [1.54, 1.807) is 0 Å². The van der Waals surface area contributed by atoms with Crippen molar-refractivity contribution in [1.82, 2.24) is 5.32 Å². The van der Waals surface area contributed by atoms with Crippen molar-refractivity contribution in [3.05, 3.63) is 0 Å². The standard InChI is InChI=1S/C11H21NO/c1-11(2,8-13)9-4-6-10(12-3)7-5-9/h8-10,12H,4-7H2,1-3H3. The highest BCUT2D eigenvalue weighted by molar-refractivity contribution is 5.58. The lowest BCUT2D eigenvalue weighted by Crippen LogP contribution is -2.35. The summed E-state index contributed by atoms with van der Waals surface area (Å²) in [5.41, 5.74) is -0.112. The highest BCUT2D eigenvalue weighted by atomic mass is 16.1. The fourth-order valence-electron chi connectivity index (χ4n) is 2.22. The fourth-order valence-corrected chi connectivity index (χ4v) is 2.22. The van der Waals surface area contributed by atoms with Crippen LogP contribution in [0.15, 0.2) is 0 Å². The first-order valence-corrected chi connectivity index (χ1v) is 5.23. The molecule has 0 aromatic heterocycles. The molecule has 1 aliphatic carbocycles. The van der Waals surface area contributed by atoms with Gasteiger partial charge in [-0.2, -0.15) is 0 Å². The third-order valence-corrected chi connectivity index (χ3v) is 3.49. The molecule has 0 saturated heterocycles. The number of hydrogen-bond donors (Lipinski definition) is 1. The van der Waals surface area contributed by atoms with Crippen molar-refractivity contribution >= 4 is 6.29 Å². The number of carbonyl (C=O) groups is 1. The molecule has 1 fully saturated rings. The molecular formula is C11H21NO. The number of aldehydes is 1. The molecule has 0 bridgehead atoms. The van der Waals surface area contributed by atoms with Gasteiger partial charge in [0.15, 0.2) is 0 Å². The average molecular weight is 183 g/mol. The molecule has 1 rings (SSSR count). The number of rotatable bonds is 3. The third-order valence-electron chi connectivity index (χ3n) is 3.49. The Morgan fingerprint density at radius 3 is 2.15 bits per heavy atom. The summed E-state index contributed by atoms with van der Waals surface area (Å²) in [5.74, 6) is 0.592. The minimum Gasteiger partial charge on any atom is -0.317 e. The van der Waals surface area contributed by atoms with Crippen LogP contribution in [-0.2, 0) is 4.79 Å². The van der Waals surface area contributed by atoms with E-state index in [-0.39, 0.29) is 5.41 Å². The number of nitrogens with one attached hydrogen (secondary N) is 1. The SMILES string of the molecule is CNC1CCC(C(C)(C)C=O)CC1. The maximum absolute atomic E-state index is 10.9. The first kappa shape index (κ1) is 10.7. The second-order valence-electron chi connectivity index (χ2n) is 4.78. The third kappa shape index (κ3) is 2.53. The molecule has 0 heterocycles. The van der Waals surface area contributed by atoms with E-state index in [0.29, 0.717) is 12.0 Å². The largest absolute Gasteiger partial charge is 0.317 e. The molecule has 0 radical (unpaired) electrons. The fraction of sp³-hybridized carbons (Fsp3) is 0.909. The van der Waals surface area contributed by atoms with E-state index < -0.39 is 0 Å². The molecule has 2 heteroatoms. The summed E-state index contributed by atoms with van der Waals surface area (Å²) in [6.07, 6.45) is 5.95. The van der Waals surface area contributed by atoms with Gasteiger partial charge in [0.25, 0.3) is 0 Å². The van der Waals surface area contributed by atoms with Gasteiger partial charge in [-0.15, -0.1) is 0 Å². The van der Waals surface area contributed by atoms with Crippen LogP contribution in [0.2, 0.25) is 0 Å². The molecule has 0 aromatic rings. The predicted molar refractivity (Wildman–Crippen MR) is 54.7 cm³/mol. The minimum atomic E-state index is -0.112. The van der Waals surface area contributed by atoms with Gasteiger partial charge in [-0.3, -0.25) is 0 Å². The zero-order valence-electron chi connectivity index (χ0n) is 8.97. The number of carbonyl (C=O) groups excluding carboxylic acids is 1. The van der Waals surface area contributed by atoms with Gasteiger partial charge < -0.3 is 10.1 Å². The van der Waals surface area contributed by atoms with Crippen molar-refractivity contribution in [2.75, 3.05) is 7.05 Å². The topological polar surface area (TPSA) is 29.1 Å². The molecule has 1 N–H and O–H groups in total. The predicted octanol–water partition coefficient (Wildman–Crippen LogP) is 1.99. The molecule has 13 heavy (non-hydrogen) atoms. The maximum atomic E-state index is 10.9. The second kappa shape index (κ2) is 4.23. The zero-order valence-corrected chi connectivity index (χ0v) is 8.97. The van der Waals surface area contributed by atoms with Crippen LogP contribution in [0.25, 0.3) is 0 Å². The molecule has 0 aliphatic heterocycles. The number of hydrogen-bond acceptors (Lipinski definition) is 2. The van der Waals surface area contributed by atoms with Gasteiger partial charge in [0.05, 0.1) is 0 Å². The van der Waals surface area contributed by atoms with Gasteiger partial charge >= 0.3 is 0 Å². The smallest absolute Gasteiger partial charge is 0.125 e. The van der Waals surface area contributed by atoms with Gasteiger partial charge in [-0.05, 0) is 38.6 Å². The van der Waals surface area contributed by atoms with Gasteiger partial charge in [0.2, 0.25) is 0 Å². The molecule has 76 valence electrons. The summed E-state index contributed by atoms with van der Waals surface area (Å²) < 4.78 is 0. The first-order chi connectivity index (χ1) is 6.10. The van der Waals surface area contributed by atoms with Crippen molar-refractivity contribution in [1.29, 1.82) is 0 Å². The Morgan fingerprint density at radius 2 is 1.77 bits per heavy atom. The summed E-state index contributed by atoms with van der Waals surface area (Å²) >= 11 is 0. The Hall–Kier alpha value is -0.370. The minimum absolute atomic E-state index is 0.112. The molecule has 2 nitrogen and oxygen atoms in total. The van der Waals surface area contributed by atoms with Crippen LogP contribution >= 0.6 is 0 Å². The molecule has 1 saturated carbocycles. The summed E-state index contributed by atoms with van der Waals surface area (Å²) in [6, 6.07) is 0.679. The molecule has 0 aromatic carbocycles. The van der Waals surface area contributed by atoms with Crippen LogP contribution in [0, 0.1) is 11.3 Å². The normalized spacial score (nSPS) is 30.1. The summed E-state index contributed by atoms with van der Waals surface area (Å²) in [6.45, 7) is 4.12. The lowest BCUT2D eigenvalue weighted by atomic mass is 9.71. The van der Waals surface area contributed by atoms with Crippen molar-refractivity contribution in [3.8, 4) is 0 Å². The van der Waals surface area contributed by atoms with E-state index in [4.69, 9.17) is 0 Å². The lowest BCUT2D eigenvalue weighted by Gasteiger charge is -2.35.